The summed E-state index contributed by atoms with van der Waals surface area (Å²) in [5.41, 5.74) is 2.58. The molecule has 4 nitrogen and oxygen atoms in total. The molecule has 1 aliphatic rings. The van der Waals surface area contributed by atoms with Crippen molar-refractivity contribution in [1.29, 1.82) is 5.26 Å². The van der Waals surface area contributed by atoms with Crippen molar-refractivity contribution in [2.24, 2.45) is 0 Å². The van der Waals surface area contributed by atoms with E-state index in [4.69, 9.17) is 4.74 Å². The van der Waals surface area contributed by atoms with E-state index in [1.165, 1.54) is 0 Å². The van der Waals surface area contributed by atoms with E-state index < -0.39 is 0 Å². The average molecular weight is 265 g/mol. The van der Waals surface area contributed by atoms with E-state index >= 15 is 0 Å². The number of aryl methyl sites for hydroxylation is 1. The maximum atomic E-state index is 9.18. The Balaban J connectivity index is 1.93. The zero-order chi connectivity index (χ0) is 13.9. The lowest BCUT2D eigenvalue weighted by molar-refractivity contribution is 0.274. The maximum absolute atomic E-state index is 9.18. The number of nitrogens with zero attached hydrogens (tertiary/aromatic N) is 2. The Morgan fingerprint density at radius 1 is 1.30 bits per heavy atom. The molecule has 2 aromatic rings. The van der Waals surface area contributed by atoms with Crippen LogP contribution in [0.3, 0.4) is 0 Å². The summed E-state index contributed by atoms with van der Waals surface area (Å²) in [6, 6.07) is 13.9. The molecule has 0 amide bonds. The monoisotopic (exact) mass is 265 g/mol. The summed E-state index contributed by atoms with van der Waals surface area (Å²) in [6.07, 6.45) is 0.859. The number of benzene rings is 1. The number of hydrogen-bond acceptors (Lipinski definition) is 4. The van der Waals surface area contributed by atoms with Crippen LogP contribution in [0.5, 0.6) is 5.75 Å². The molecule has 0 saturated heterocycles. The molecule has 3 rings (SSSR count). The first-order valence-corrected chi connectivity index (χ1v) is 6.64. The molecule has 2 heterocycles. The van der Waals surface area contributed by atoms with Crippen molar-refractivity contribution >= 4 is 5.82 Å². The molecular weight excluding hydrogens is 250 g/mol. The van der Waals surface area contributed by atoms with Gasteiger partial charge in [0.1, 0.15) is 17.6 Å². The highest BCUT2D eigenvalue weighted by molar-refractivity contribution is 5.54. The lowest BCUT2D eigenvalue weighted by Crippen LogP contribution is -2.21. The molecule has 100 valence electrons. The van der Waals surface area contributed by atoms with Gasteiger partial charge in [-0.15, -0.1) is 0 Å². The number of hydrogen-bond donors (Lipinski definition) is 1. The normalized spacial score (nSPS) is 16.7. The number of ether oxygens (including phenoxy) is 1. The Bertz CT molecular complexity index is 676. The molecule has 0 radical (unpaired) electrons. The number of nitriles is 1. The lowest BCUT2D eigenvalue weighted by Gasteiger charge is -2.27. The van der Waals surface area contributed by atoms with E-state index in [1.54, 1.807) is 6.07 Å². The molecule has 0 bridgehead atoms. The van der Waals surface area contributed by atoms with Crippen LogP contribution >= 0.6 is 0 Å². The fraction of sp³-hybridized carbons (Fsp3) is 0.250. The number of para-hydroxylation sites is 1. The smallest absolute Gasteiger partial charge is 0.144 e. The SMILES string of the molecule is Cc1ccc(C#N)c(NC2CCOc3ccccc32)n1. The molecule has 1 atom stereocenters. The standard InChI is InChI=1S/C16H15N3O/c1-11-6-7-12(10-17)16(18-11)19-14-8-9-20-15-5-3-2-4-13(14)15/h2-7,14H,8-9H2,1H3,(H,18,19). The Morgan fingerprint density at radius 3 is 3.00 bits per heavy atom. The number of rotatable bonds is 2. The van der Waals surface area contributed by atoms with Gasteiger partial charge in [-0.25, -0.2) is 4.98 Å². The molecule has 1 N–H and O–H groups in total. The van der Waals surface area contributed by atoms with Crippen LogP contribution in [0.2, 0.25) is 0 Å². The van der Waals surface area contributed by atoms with Crippen molar-refractivity contribution in [2.75, 3.05) is 11.9 Å². The van der Waals surface area contributed by atoms with Gasteiger partial charge in [0.15, 0.2) is 0 Å². The minimum atomic E-state index is 0.126. The summed E-state index contributed by atoms with van der Waals surface area (Å²) in [5.74, 6) is 1.55. The van der Waals surface area contributed by atoms with Gasteiger partial charge >= 0.3 is 0 Å². The van der Waals surface area contributed by atoms with Gasteiger partial charge in [-0.1, -0.05) is 18.2 Å². The summed E-state index contributed by atoms with van der Waals surface area (Å²) in [7, 11) is 0. The first-order valence-electron chi connectivity index (χ1n) is 6.64. The minimum Gasteiger partial charge on any atom is -0.493 e. The fourth-order valence-corrected chi connectivity index (χ4v) is 2.41. The second kappa shape index (κ2) is 5.22. The third kappa shape index (κ3) is 2.30. The van der Waals surface area contributed by atoms with Gasteiger partial charge in [0.2, 0.25) is 0 Å². The Morgan fingerprint density at radius 2 is 2.15 bits per heavy atom. The molecule has 0 spiro atoms. The van der Waals surface area contributed by atoms with Gasteiger partial charge in [-0.3, -0.25) is 0 Å². The molecule has 0 saturated carbocycles. The summed E-state index contributed by atoms with van der Waals surface area (Å²) < 4.78 is 5.65. The zero-order valence-corrected chi connectivity index (χ0v) is 11.3. The number of anilines is 1. The highest BCUT2D eigenvalue weighted by atomic mass is 16.5. The highest BCUT2D eigenvalue weighted by Crippen LogP contribution is 2.34. The van der Waals surface area contributed by atoms with Crippen LogP contribution in [0.25, 0.3) is 0 Å². The van der Waals surface area contributed by atoms with Crippen LogP contribution in [-0.4, -0.2) is 11.6 Å². The van der Waals surface area contributed by atoms with Crippen molar-refractivity contribution in [3.63, 3.8) is 0 Å². The first kappa shape index (κ1) is 12.5. The third-order valence-electron chi connectivity index (χ3n) is 3.42. The van der Waals surface area contributed by atoms with Crippen molar-refractivity contribution in [1.82, 2.24) is 4.98 Å². The van der Waals surface area contributed by atoms with Crippen LogP contribution < -0.4 is 10.1 Å². The van der Waals surface area contributed by atoms with E-state index in [1.807, 2.05) is 37.3 Å². The van der Waals surface area contributed by atoms with Crippen molar-refractivity contribution in [2.45, 2.75) is 19.4 Å². The molecule has 0 aliphatic carbocycles. The van der Waals surface area contributed by atoms with Crippen LogP contribution in [0.4, 0.5) is 5.82 Å². The van der Waals surface area contributed by atoms with Crippen molar-refractivity contribution in [3.8, 4) is 11.8 Å². The number of pyridine rings is 1. The van der Waals surface area contributed by atoms with E-state index in [0.717, 1.165) is 23.4 Å². The Labute approximate surface area is 118 Å². The van der Waals surface area contributed by atoms with Gasteiger partial charge in [-0.05, 0) is 25.1 Å². The second-order valence-electron chi connectivity index (χ2n) is 4.83. The Kier molecular flexibility index (Phi) is 3.26. The third-order valence-corrected chi connectivity index (χ3v) is 3.42. The summed E-state index contributed by atoms with van der Waals surface area (Å²) in [6.45, 7) is 2.59. The van der Waals surface area contributed by atoms with E-state index in [9.17, 15) is 5.26 Å². The number of aromatic nitrogens is 1. The second-order valence-corrected chi connectivity index (χ2v) is 4.83. The predicted octanol–water partition coefficient (Wildman–Crippen LogP) is 3.20. The zero-order valence-electron chi connectivity index (χ0n) is 11.3. The lowest BCUT2D eigenvalue weighted by atomic mass is 10.0. The summed E-state index contributed by atoms with van der Waals surface area (Å²) in [5, 5.41) is 12.6. The molecule has 0 fully saturated rings. The van der Waals surface area contributed by atoms with E-state index in [-0.39, 0.29) is 6.04 Å². The fourth-order valence-electron chi connectivity index (χ4n) is 2.41. The van der Waals surface area contributed by atoms with Gasteiger partial charge in [0.05, 0.1) is 18.2 Å². The highest BCUT2D eigenvalue weighted by Gasteiger charge is 2.22. The molecule has 1 aromatic heterocycles. The van der Waals surface area contributed by atoms with Gasteiger partial charge < -0.3 is 10.1 Å². The van der Waals surface area contributed by atoms with Crippen LogP contribution in [0.1, 0.15) is 29.3 Å². The van der Waals surface area contributed by atoms with Gasteiger partial charge in [0.25, 0.3) is 0 Å². The Hall–Kier alpha value is -2.54. The number of nitrogens with one attached hydrogen (secondary N) is 1. The largest absolute Gasteiger partial charge is 0.493 e. The molecule has 4 heteroatoms. The molecular formula is C16H15N3O. The van der Waals surface area contributed by atoms with Crippen molar-refractivity contribution < 1.29 is 4.74 Å². The molecule has 20 heavy (non-hydrogen) atoms. The first-order chi connectivity index (χ1) is 9.78. The van der Waals surface area contributed by atoms with E-state index in [2.05, 4.69) is 16.4 Å². The summed E-state index contributed by atoms with van der Waals surface area (Å²) >= 11 is 0. The summed E-state index contributed by atoms with van der Waals surface area (Å²) in [4.78, 5) is 4.44. The van der Waals surface area contributed by atoms with Crippen LogP contribution in [0.15, 0.2) is 36.4 Å². The molecule has 1 unspecified atom stereocenters. The molecule has 1 aliphatic heterocycles. The predicted molar refractivity (Wildman–Crippen MR) is 76.6 cm³/mol. The molecule has 1 aromatic carbocycles. The van der Waals surface area contributed by atoms with E-state index in [0.29, 0.717) is 18.0 Å². The van der Waals surface area contributed by atoms with Crippen molar-refractivity contribution in [3.05, 3.63) is 53.2 Å². The average Bonchev–Trinajstić information content (AvgIpc) is 2.48. The van der Waals surface area contributed by atoms with Crippen LogP contribution in [-0.2, 0) is 0 Å². The van der Waals surface area contributed by atoms with Gasteiger partial charge in [-0.2, -0.15) is 5.26 Å². The minimum absolute atomic E-state index is 0.126. The number of fused-ring (bicyclic) bond motifs is 1. The van der Waals surface area contributed by atoms with Crippen LogP contribution in [0, 0.1) is 18.3 Å². The topological polar surface area (TPSA) is 57.9 Å². The quantitative estimate of drug-likeness (QED) is 0.906. The van der Waals surface area contributed by atoms with Gasteiger partial charge in [0, 0.05) is 17.7 Å². The maximum Gasteiger partial charge on any atom is 0.144 e.